The standard InChI is InChI=1S/C23H20ClFN2O5S/c24-18-6-2-1-5-17(18)13-27(33(29,30)22-8-4-3-7-19(22)25)14-23(28)26-12-16-9-10-20-21(11-16)32-15-31-20/h1-11H,12-15H2,(H,26,28). The Morgan fingerprint density at radius 1 is 1.03 bits per heavy atom. The highest BCUT2D eigenvalue weighted by Crippen LogP contribution is 2.32. The van der Waals surface area contributed by atoms with Gasteiger partial charge in [0.1, 0.15) is 10.7 Å². The van der Waals surface area contributed by atoms with E-state index in [2.05, 4.69) is 5.32 Å². The van der Waals surface area contributed by atoms with Crippen LogP contribution >= 0.6 is 11.6 Å². The van der Waals surface area contributed by atoms with E-state index in [0.29, 0.717) is 22.1 Å². The second-order valence-corrected chi connectivity index (χ2v) is 9.57. The molecule has 0 saturated heterocycles. The highest BCUT2D eigenvalue weighted by atomic mass is 35.5. The van der Waals surface area contributed by atoms with E-state index < -0.39 is 33.2 Å². The lowest BCUT2D eigenvalue weighted by Crippen LogP contribution is -2.40. The van der Waals surface area contributed by atoms with Gasteiger partial charge in [0.2, 0.25) is 22.7 Å². The molecule has 3 aromatic carbocycles. The first-order chi connectivity index (χ1) is 15.8. The lowest BCUT2D eigenvalue weighted by Gasteiger charge is -2.22. The molecule has 0 spiro atoms. The summed E-state index contributed by atoms with van der Waals surface area (Å²) in [6.07, 6.45) is 0. The van der Waals surface area contributed by atoms with Crippen LogP contribution in [-0.2, 0) is 27.9 Å². The maximum atomic E-state index is 14.3. The molecule has 4 rings (SSSR count). The van der Waals surface area contributed by atoms with E-state index >= 15 is 0 Å². The molecule has 0 bridgehead atoms. The van der Waals surface area contributed by atoms with E-state index in [-0.39, 0.29) is 19.9 Å². The van der Waals surface area contributed by atoms with Crippen molar-refractivity contribution in [3.05, 3.63) is 88.7 Å². The first-order valence-electron chi connectivity index (χ1n) is 9.98. The average Bonchev–Trinajstić information content (AvgIpc) is 3.27. The lowest BCUT2D eigenvalue weighted by atomic mass is 10.2. The normalized spacial score (nSPS) is 12.7. The van der Waals surface area contributed by atoms with E-state index in [1.54, 1.807) is 42.5 Å². The molecule has 0 saturated carbocycles. The quantitative estimate of drug-likeness (QED) is 0.520. The number of nitrogens with zero attached hydrogens (tertiary/aromatic N) is 1. The Kier molecular flexibility index (Phi) is 6.83. The van der Waals surface area contributed by atoms with Gasteiger partial charge >= 0.3 is 0 Å². The van der Waals surface area contributed by atoms with Crippen molar-refractivity contribution in [1.29, 1.82) is 0 Å². The van der Waals surface area contributed by atoms with Crippen LogP contribution in [0.5, 0.6) is 11.5 Å². The van der Waals surface area contributed by atoms with Gasteiger partial charge < -0.3 is 14.8 Å². The van der Waals surface area contributed by atoms with Gasteiger partial charge in [-0.05, 0) is 41.5 Å². The molecule has 0 aromatic heterocycles. The minimum Gasteiger partial charge on any atom is -0.454 e. The van der Waals surface area contributed by atoms with Crippen molar-refractivity contribution in [1.82, 2.24) is 9.62 Å². The Morgan fingerprint density at radius 3 is 2.55 bits per heavy atom. The number of benzene rings is 3. The highest BCUT2D eigenvalue weighted by Gasteiger charge is 2.29. The van der Waals surface area contributed by atoms with Gasteiger partial charge in [0.15, 0.2) is 11.5 Å². The van der Waals surface area contributed by atoms with Crippen LogP contribution in [-0.4, -0.2) is 32.0 Å². The van der Waals surface area contributed by atoms with Crippen molar-refractivity contribution >= 4 is 27.5 Å². The largest absolute Gasteiger partial charge is 0.454 e. The smallest absolute Gasteiger partial charge is 0.246 e. The van der Waals surface area contributed by atoms with Crippen molar-refractivity contribution in [2.75, 3.05) is 13.3 Å². The zero-order chi connectivity index (χ0) is 23.4. The Balaban J connectivity index is 1.53. The molecular formula is C23H20ClFN2O5S. The van der Waals surface area contributed by atoms with Gasteiger partial charge in [0, 0.05) is 18.1 Å². The molecular weight excluding hydrogens is 471 g/mol. The van der Waals surface area contributed by atoms with Gasteiger partial charge in [-0.2, -0.15) is 4.31 Å². The summed E-state index contributed by atoms with van der Waals surface area (Å²) in [5, 5.41) is 3.03. The molecule has 3 aromatic rings. The molecule has 0 unspecified atom stereocenters. The fourth-order valence-corrected chi connectivity index (χ4v) is 4.94. The summed E-state index contributed by atoms with van der Waals surface area (Å²) in [5.74, 6) is -0.266. The van der Waals surface area contributed by atoms with Gasteiger partial charge in [0.05, 0.1) is 6.54 Å². The molecule has 10 heteroatoms. The number of nitrogens with one attached hydrogen (secondary N) is 1. The first-order valence-corrected chi connectivity index (χ1v) is 11.8. The molecule has 33 heavy (non-hydrogen) atoms. The number of carbonyl (C=O) groups is 1. The molecule has 1 heterocycles. The van der Waals surface area contributed by atoms with Crippen LogP contribution in [0.15, 0.2) is 71.6 Å². The monoisotopic (exact) mass is 490 g/mol. The molecule has 0 fully saturated rings. The third-order valence-electron chi connectivity index (χ3n) is 5.01. The Morgan fingerprint density at radius 2 is 1.76 bits per heavy atom. The number of rotatable bonds is 8. The predicted molar refractivity (Wildman–Crippen MR) is 120 cm³/mol. The lowest BCUT2D eigenvalue weighted by molar-refractivity contribution is -0.121. The van der Waals surface area contributed by atoms with Crippen LogP contribution < -0.4 is 14.8 Å². The summed E-state index contributed by atoms with van der Waals surface area (Å²) in [6, 6.07) is 16.9. The number of hydrogen-bond donors (Lipinski definition) is 1. The van der Waals surface area contributed by atoms with Gasteiger partial charge in [-0.3, -0.25) is 4.79 Å². The number of carbonyl (C=O) groups excluding carboxylic acids is 1. The fraction of sp³-hybridized carbons (Fsp3) is 0.174. The van der Waals surface area contributed by atoms with Gasteiger partial charge in [0.25, 0.3) is 0 Å². The molecule has 1 amide bonds. The zero-order valence-electron chi connectivity index (χ0n) is 17.3. The third-order valence-corrected chi connectivity index (χ3v) is 7.20. The van der Waals surface area contributed by atoms with Crippen LogP contribution in [0.1, 0.15) is 11.1 Å². The van der Waals surface area contributed by atoms with Crippen molar-refractivity contribution in [2.45, 2.75) is 18.0 Å². The van der Waals surface area contributed by atoms with E-state index in [1.807, 2.05) is 0 Å². The number of halogens is 2. The number of amides is 1. The topological polar surface area (TPSA) is 84.9 Å². The molecule has 0 atom stereocenters. The van der Waals surface area contributed by atoms with Gasteiger partial charge in [-0.1, -0.05) is 48.0 Å². The van der Waals surface area contributed by atoms with Crippen molar-refractivity contribution in [2.24, 2.45) is 0 Å². The predicted octanol–water partition coefficient (Wildman–Crippen LogP) is 3.72. The molecule has 0 radical (unpaired) electrons. The SMILES string of the molecule is O=C(CN(Cc1ccccc1Cl)S(=O)(=O)c1ccccc1F)NCc1ccc2c(c1)OCO2. The minimum absolute atomic E-state index is 0.135. The molecule has 172 valence electrons. The third kappa shape index (κ3) is 5.27. The summed E-state index contributed by atoms with van der Waals surface area (Å²) in [6.45, 7) is -0.439. The van der Waals surface area contributed by atoms with Gasteiger partial charge in [-0.15, -0.1) is 0 Å². The summed E-state index contributed by atoms with van der Waals surface area (Å²) in [5.41, 5.74) is 1.24. The summed E-state index contributed by atoms with van der Waals surface area (Å²) >= 11 is 6.20. The number of hydrogen-bond acceptors (Lipinski definition) is 5. The van der Waals surface area contributed by atoms with Crippen LogP contribution in [0, 0.1) is 5.82 Å². The molecule has 1 aliphatic heterocycles. The zero-order valence-corrected chi connectivity index (χ0v) is 18.9. The second kappa shape index (κ2) is 9.78. The average molecular weight is 491 g/mol. The highest BCUT2D eigenvalue weighted by molar-refractivity contribution is 7.89. The van der Waals surface area contributed by atoms with Crippen LogP contribution in [0.4, 0.5) is 4.39 Å². The van der Waals surface area contributed by atoms with Crippen molar-refractivity contribution < 1.29 is 27.1 Å². The number of ether oxygens (including phenoxy) is 2. The molecule has 1 N–H and O–H groups in total. The Hall–Kier alpha value is -3.14. The van der Waals surface area contributed by atoms with Gasteiger partial charge in [-0.25, -0.2) is 12.8 Å². The maximum Gasteiger partial charge on any atom is 0.246 e. The second-order valence-electron chi connectivity index (χ2n) is 7.26. The number of sulfonamides is 1. The minimum atomic E-state index is -4.33. The molecule has 0 aliphatic carbocycles. The van der Waals surface area contributed by atoms with E-state index in [1.165, 1.54) is 12.1 Å². The van der Waals surface area contributed by atoms with Crippen LogP contribution in [0.25, 0.3) is 0 Å². The van der Waals surface area contributed by atoms with E-state index in [0.717, 1.165) is 22.0 Å². The summed E-state index contributed by atoms with van der Waals surface area (Å²) < 4.78 is 52.3. The van der Waals surface area contributed by atoms with Crippen molar-refractivity contribution in [3.8, 4) is 11.5 Å². The summed E-state index contributed by atoms with van der Waals surface area (Å²) in [4.78, 5) is 12.2. The maximum absolute atomic E-state index is 14.3. The van der Waals surface area contributed by atoms with Crippen LogP contribution in [0.3, 0.4) is 0 Å². The first kappa shape index (κ1) is 23.0. The fourth-order valence-electron chi connectivity index (χ4n) is 3.30. The Bertz CT molecular complexity index is 1290. The molecule has 1 aliphatic rings. The van der Waals surface area contributed by atoms with Crippen molar-refractivity contribution in [3.63, 3.8) is 0 Å². The molecule has 7 nitrogen and oxygen atoms in total. The van der Waals surface area contributed by atoms with E-state index in [4.69, 9.17) is 21.1 Å². The Labute approximate surface area is 195 Å². The van der Waals surface area contributed by atoms with Crippen LogP contribution in [0.2, 0.25) is 5.02 Å². The number of fused-ring (bicyclic) bond motifs is 1. The van der Waals surface area contributed by atoms with E-state index in [9.17, 15) is 17.6 Å². The summed E-state index contributed by atoms with van der Waals surface area (Å²) in [7, 11) is -4.33.